The summed E-state index contributed by atoms with van der Waals surface area (Å²) in [5.74, 6) is -0.971. The van der Waals surface area contributed by atoms with Gasteiger partial charge in [0.15, 0.2) is 6.10 Å². The van der Waals surface area contributed by atoms with Gasteiger partial charge in [0.1, 0.15) is 13.2 Å². The third-order valence-electron chi connectivity index (χ3n) is 12.3. The standard InChI is InChI=1S/C60H106O6/c1-4-7-10-13-16-19-22-25-27-29-30-31-33-35-38-41-44-47-50-53-59(62)65-56-57(55-64-58(61)52-49-46-43-40-37-34-24-21-18-15-12-9-6-3)66-60(63)54-51-48-45-42-39-36-32-28-26-23-20-17-14-11-8-5-2/h8,11,17,20,26,28,36,39,45,48,57H,4-7,9-10,12-16,18-19,21-25,27,29-35,37-38,40-44,46-47,49-56H2,1-3H3/b11-8-,20-17-,28-26-,39-36-,48-45-. The lowest BCUT2D eigenvalue weighted by molar-refractivity contribution is -0.166. The lowest BCUT2D eigenvalue weighted by Gasteiger charge is -2.18. The molecule has 382 valence electrons. The van der Waals surface area contributed by atoms with Gasteiger partial charge in [-0.25, -0.2) is 0 Å². The molecule has 0 amide bonds. The van der Waals surface area contributed by atoms with Crippen LogP contribution in [0.15, 0.2) is 60.8 Å². The van der Waals surface area contributed by atoms with Crippen LogP contribution >= 0.6 is 0 Å². The first kappa shape index (κ1) is 63.1. The minimum Gasteiger partial charge on any atom is -0.462 e. The van der Waals surface area contributed by atoms with E-state index in [1.165, 1.54) is 167 Å². The molecule has 0 aromatic heterocycles. The normalized spacial score (nSPS) is 12.5. The highest BCUT2D eigenvalue weighted by molar-refractivity contribution is 5.71. The van der Waals surface area contributed by atoms with Crippen LogP contribution in [0.3, 0.4) is 0 Å². The Balaban J connectivity index is 4.41. The van der Waals surface area contributed by atoms with E-state index < -0.39 is 6.10 Å². The van der Waals surface area contributed by atoms with Crippen molar-refractivity contribution < 1.29 is 28.6 Å². The first-order chi connectivity index (χ1) is 32.5. The van der Waals surface area contributed by atoms with Gasteiger partial charge < -0.3 is 14.2 Å². The number of unbranched alkanes of at least 4 members (excludes halogenated alkanes) is 30. The van der Waals surface area contributed by atoms with Gasteiger partial charge in [0.25, 0.3) is 0 Å². The fourth-order valence-corrected chi connectivity index (χ4v) is 8.08. The minimum atomic E-state index is -0.810. The van der Waals surface area contributed by atoms with Gasteiger partial charge in [0.05, 0.1) is 0 Å². The number of esters is 3. The van der Waals surface area contributed by atoms with Crippen molar-refractivity contribution >= 4 is 17.9 Å². The van der Waals surface area contributed by atoms with Crippen molar-refractivity contribution in [3.63, 3.8) is 0 Å². The highest BCUT2D eigenvalue weighted by Crippen LogP contribution is 2.16. The molecule has 1 atom stereocenters. The Kier molecular flexibility index (Phi) is 52.3. The van der Waals surface area contributed by atoms with E-state index >= 15 is 0 Å². The van der Waals surface area contributed by atoms with E-state index in [0.29, 0.717) is 19.3 Å². The fourth-order valence-electron chi connectivity index (χ4n) is 8.08. The van der Waals surface area contributed by atoms with Crippen molar-refractivity contribution in [1.29, 1.82) is 0 Å². The summed E-state index contributed by atoms with van der Waals surface area (Å²) in [5.41, 5.74) is 0. The van der Waals surface area contributed by atoms with Crippen molar-refractivity contribution in [3.8, 4) is 0 Å². The summed E-state index contributed by atoms with van der Waals surface area (Å²) in [6, 6.07) is 0. The highest BCUT2D eigenvalue weighted by Gasteiger charge is 2.19. The Bertz CT molecular complexity index is 1200. The molecule has 0 saturated heterocycles. The molecule has 0 aromatic carbocycles. The predicted molar refractivity (Wildman–Crippen MR) is 284 cm³/mol. The number of ether oxygens (including phenoxy) is 3. The number of hydrogen-bond donors (Lipinski definition) is 0. The third kappa shape index (κ3) is 52.1. The second-order valence-electron chi connectivity index (χ2n) is 18.8. The van der Waals surface area contributed by atoms with Crippen LogP contribution in [0, 0.1) is 0 Å². The van der Waals surface area contributed by atoms with Crippen LogP contribution in [0.5, 0.6) is 0 Å². The van der Waals surface area contributed by atoms with Crippen molar-refractivity contribution in [3.05, 3.63) is 60.8 Å². The molecule has 0 saturated carbocycles. The van der Waals surface area contributed by atoms with Crippen LogP contribution in [0.1, 0.15) is 284 Å². The molecule has 0 aromatic rings. The average Bonchev–Trinajstić information content (AvgIpc) is 3.31. The molecule has 0 radical (unpaired) electrons. The van der Waals surface area contributed by atoms with E-state index in [-0.39, 0.29) is 37.5 Å². The summed E-state index contributed by atoms with van der Waals surface area (Å²) >= 11 is 0. The number of allylic oxidation sites excluding steroid dienone is 10. The third-order valence-corrected chi connectivity index (χ3v) is 12.3. The molecule has 0 aliphatic carbocycles. The maximum atomic E-state index is 12.8. The summed E-state index contributed by atoms with van der Waals surface area (Å²) < 4.78 is 16.8. The topological polar surface area (TPSA) is 78.9 Å². The molecule has 0 N–H and O–H groups in total. The van der Waals surface area contributed by atoms with Crippen LogP contribution in [-0.4, -0.2) is 37.2 Å². The molecule has 0 aliphatic rings. The second kappa shape index (κ2) is 54.7. The zero-order valence-corrected chi connectivity index (χ0v) is 43.7. The Morgan fingerprint density at radius 1 is 0.318 bits per heavy atom. The average molecular weight is 924 g/mol. The van der Waals surface area contributed by atoms with Gasteiger partial charge >= 0.3 is 17.9 Å². The molecular formula is C60H106O6. The summed E-state index contributed by atoms with van der Waals surface area (Å²) in [6.07, 6.45) is 68.0. The SMILES string of the molecule is CC/C=C\C/C=C\C/C=C\C/C=C\C/C=C\CCC(=O)OC(COC(=O)CCCCCCCCCCCCCCC)COC(=O)CCCCCCCCCCCCCCCCCCCCC. The Morgan fingerprint density at radius 2 is 0.591 bits per heavy atom. The maximum absolute atomic E-state index is 12.8. The number of hydrogen-bond acceptors (Lipinski definition) is 6. The van der Waals surface area contributed by atoms with Gasteiger partial charge in [-0.1, -0.05) is 274 Å². The largest absolute Gasteiger partial charge is 0.462 e. The first-order valence-electron chi connectivity index (χ1n) is 28.3. The van der Waals surface area contributed by atoms with E-state index in [9.17, 15) is 14.4 Å². The van der Waals surface area contributed by atoms with E-state index in [1.54, 1.807) is 0 Å². The zero-order chi connectivity index (χ0) is 47.9. The molecule has 6 heteroatoms. The summed E-state index contributed by atoms with van der Waals surface area (Å²) in [7, 11) is 0. The van der Waals surface area contributed by atoms with Gasteiger partial charge in [-0.3, -0.25) is 14.4 Å². The summed E-state index contributed by atoms with van der Waals surface area (Å²) in [4.78, 5) is 38.1. The van der Waals surface area contributed by atoms with E-state index in [2.05, 4.69) is 75.5 Å². The zero-order valence-electron chi connectivity index (χ0n) is 43.7. The van der Waals surface area contributed by atoms with Crippen LogP contribution in [0.4, 0.5) is 0 Å². The number of carbonyl (C=O) groups is 3. The maximum Gasteiger partial charge on any atom is 0.306 e. The first-order valence-corrected chi connectivity index (χ1v) is 28.3. The molecule has 0 heterocycles. The second-order valence-corrected chi connectivity index (χ2v) is 18.8. The summed E-state index contributed by atoms with van der Waals surface area (Å²) in [6.45, 7) is 6.49. The van der Waals surface area contributed by atoms with Crippen molar-refractivity contribution in [2.45, 2.75) is 290 Å². The molecular weight excluding hydrogens is 817 g/mol. The fraction of sp³-hybridized carbons (Fsp3) is 0.783. The lowest BCUT2D eigenvalue weighted by atomic mass is 10.0. The van der Waals surface area contributed by atoms with Gasteiger partial charge in [0, 0.05) is 19.3 Å². The molecule has 0 fully saturated rings. The number of carbonyl (C=O) groups excluding carboxylic acids is 3. The minimum absolute atomic E-state index is 0.0998. The van der Waals surface area contributed by atoms with E-state index in [1.807, 2.05) is 6.08 Å². The van der Waals surface area contributed by atoms with Crippen LogP contribution in [-0.2, 0) is 28.6 Å². The van der Waals surface area contributed by atoms with E-state index in [4.69, 9.17) is 14.2 Å². The van der Waals surface area contributed by atoms with Gasteiger partial charge in [-0.05, 0) is 51.4 Å². The van der Waals surface area contributed by atoms with Crippen LogP contribution in [0.2, 0.25) is 0 Å². The van der Waals surface area contributed by atoms with Crippen molar-refractivity contribution in [2.75, 3.05) is 13.2 Å². The molecule has 6 nitrogen and oxygen atoms in total. The molecule has 1 unspecified atom stereocenters. The Labute approximate surface area is 409 Å². The molecule has 0 spiro atoms. The van der Waals surface area contributed by atoms with Gasteiger partial charge in [0.2, 0.25) is 0 Å². The van der Waals surface area contributed by atoms with Crippen molar-refractivity contribution in [1.82, 2.24) is 0 Å². The molecule has 0 aliphatic heterocycles. The highest BCUT2D eigenvalue weighted by atomic mass is 16.6. The van der Waals surface area contributed by atoms with Crippen molar-refractivity contribution in [2.24, 2.45) is 0 Å². The number of rotatable bonds is 51. The van der Waals surface area contributed by atoms with Gasteiger partial charge in [-0.2, -0.15) is 0 Å². The Hall–Kier alpha value is -2.89. The summed E-state index contributed by atoms with van der Waals surface area (Å²) in [5, 5.41) is 0. The predicted octanol–water partition coefficient (Wildman–Crippen LogP) is 18.8. The smallest absolute Gasteiger partial charge is 0.306 e. The van der Waals surface area contributed by atoms with Gasteiger partial charge in [-0.15, -0.1) is 0 Å². The molecule has 0 rings (SSSR count). The molecule has 0 bridgehead atoms. The Morgan fingerprint density at radius 3 is 0.894 bits per heavy atom. The molecule has 66 heavy (non-hydrogen) atoms. The van der Waals surface area contributed by atoms with E-state index in [0.717, 1.165) is 70.6 Å². The van der Waals surface area contributed by atoms with Crippen LogP contribution in [0.25, 0.3) is 0 Å². The quantitative estimate of drug-likeness (QED) is 0.0262. The van der Waals surface area contributed by atoms with Crippen LogP contribution < -0.4 is 0 Å². The lowest BCUT2D eigenvalue weighted by Crippen LogP contribution is -2.30. The monoisotopic (exact) mass is 923 g/mol.